The molecule has 1 atom stereocenters. The fourth-order valence-electron chi connectivity index (χ4n) is 2.97. The predicted octanol–water partition coefficient (Wildman–Crippen LogP) is 3.71. The average Bonchev–Trinajstić information content (AvgIpc) is 3.00. The predicted molar refractivity (Wildman–Crippen MR) is 106 cm³/mol. The molecule has 0 radical (unpaired) electrons. The van der Waals surface area contributed by atoms with Crippen LogP contribution in [0.5, 0.6) is 0 Å². The highest BCUT2D eigenvalue weighted by molar-refractivity contribution is 6.31. The summed E-state index contributed by atoms with van der Waals surface area (Å²) < 4.78 is 0. The highest BCUT2D eigenvalue weighted by atomic mass is 35.5. The third-order valence-electron chi connectivity index (χ3n) is 4.61. The second-order valence-corrected chi connectivity index (χ2v) is 7.18. The van der Waals surface area contributed by atoms with Crippen molar-refractivity contribution in [2.75, 3.05) is 35.8 Å². The summed E-state index contributed by atoms with van der Waals surface area (Å²) in [5.41, 5.74) is 3.47. The molecule has 2 amide bonds. The first-order valence-corrected chi connectivity index (χ1v) is 8.87. The normalized spacial score (nSPS) is 16.7. The standard InChI is InChI=1S/C20H22ClN3O2/c1-13-4-7-17(11-18(13)21)24-12-14(10-19(24)25)20(26)22-15-5-8-16(9-6-15)23(2)3/h4-9,11,14H,10,12H2,1-3H3,(H,22,26)/t14-/m1/s1. The number of nitrogens with one attached hydrogen (secondary N) is 1. The smallest absolute Gasteiger partial charge is 0.229 e. The maximum atomic E-state index is 12.6. The van der Waals surface area contributed by atoms with Gasteiger partial charge in [0.2, 0.25) is 11.8 Å². The van der Waals surface area contributed by atoms with Gasteiger partial charge in [-0.2, -0.15) is 0 Å². The molecular formula is C20H22ClN3O2. The van der Waals surface area contributed by atoms with Crippen molar-refractivity contribution in [2.24, 2.45) is 5.92 Å². The lowest BCUT2D eigenvalue weighted by Crippen LogP contribution is -2.28. The van der Waals surface area contributed by atoms with E-state index in [2.05, 4.69) is 5.32 Å². The second-order valence-electron chi connectivity index (χ2n) is 6.77. The monoisotopic (exact) mass is 371 g/mol. The summed E-state index contributed by atoms with van der Waals surface area (Å²) in [5, 5.41) is 3.52. The first-order valence-electron chi connectivity index (χ1n) is 8.50. The minimum atomic E-state index is -0.379. The Morgan fingerprint density at radius 3 is 2.50 bits per heavy atom. The van der Waals surface area contributed by atoms with Crippen molar-refractivity contribution in [3.63, 3.8) is 0 Å². The van der Waals surface area contributed by atoms with E-state index in [0.717, 1.165) is 22.6 Å². The summed E-state index contributed by atoms with van der Waals surface area (Å²) in [6.07, 6.45) is 0.201. The zero-order chi connectivity index (χ0) is 18.8. The minimum absolute atomic E-state index is 0.0620. The van der Waals surface area contributed by atoms with Crippen LogP contribution in [0.4, 0.5) is 17.1 Å². The largest absolute Gasteiger partial charge is 0.378 e. The third-order valence-corrected chi connectivity index (χ3v) is 5.02. The van der Waals surface area contributed by atoms with E-state index in [0.29, 0.717) is 11.6 Å². The fraction of sp³-hybridized carbons (Fsp3) is 0.300. The van der Waals surface area contributed by atoms with Gasteiger partial charge in [-0.1, -0.05) is 17.7 Å². The van der Waals surface area contributed by atoms with Crippen LogP contribution in [0, 0.1) is 12.8 Å². The summed E-state index contributed by atoms with van der Waals surface area (Å²) >= 11 is 6.16. The van der Waals surface area contributed by atoms with Gasteiger partial charge in [-0.3, -0.25) is 9.59 Å². The number of carbonyl (C=O) groups is 2. The number of hydrogen-bond donors (Lipinski definition) is 1. The van der Waals surface area contributed by atoms with Gasteiger partial charge in [0.05, 0.1) is 5.92 Å². The van der Waals surface area contributed by atoms with Gasteiger partial charge < -0.3 is 15.1 Å². The summed E-state index contributed by atoms with van der Waals surface area (Å²) in [4.78, 5) is 28.5. The van der Waals surface area contributed by atoms with Crippen molar-refractivity contribution < 1.29 is 9.59 Å². The number of carbonyl (C=O) groups excluding carboxylic acids is 2. The van der Waals surface area contributed by atoms with Crippen molar-refractivity contribution in [2.45, 2.75) is 13.3 Å². The van der Waals surface area contributed by atoms with Gasteiger partial charge in [-0.25, -0.2) is 0 Å². The lowest BCUT2D eigenvalue weighted by atomic mass is 10.1. The molecule has 0 saturated carbocycles. The van der Waals surface area contributed by atoms with Gasteiger partial charge in [0.25, 0.3) is 0 Å². The summed E-state index contributed by atoms with van der Waals surface area (Å²) in [5.74, 6) is -0.583. The van der Waals surface area contributed by atoms with E-state index in [-0.39, 0.29) is 24.2 Å². The number of rotatable bonds is 4. The van der Waals surface area contributed by atoms with Crippen LogP contribution in [0.2, 0.25) is 5.02 Å². The number of benzene rings is 2. The Morgan fingerprint density at radius 2 is 1.88 bits per heavy atom. The highest BCUT2D eigenvalue weighted by Crippen LogP contribution is 2.29. The van der Waals surface area contributed by atoms with Crippen molar-refractivity contribution >= 4 is 40.5 Å². The van der Waals surface area contributed by atoms with Crippen molar-refractivity contribution in [1.29, 1.82) is 0 Å². The van der Waals surface area contributed by atoms with Gasteiger partial charge in [-0.15, -0.1) is 0 Å². The molecule has 136 valence electrons. The molecule has 1 heterocycles. The van der Waals surface area contributed by atoms with Gasteiger partial charge in [0, 0.05) is 49.1 Å². The molecule has 6 heteroatoms. The number of nitrogens with zero attached hydrogens (tertiary/aromatic N) is 2. The highest BCUT2D eigenvalue weighted by Gasteiger charge is 2.35. The first-order chi connectivity index (χ1) is 12.3. The van der Waals surface area contributed by atoms with E-state index in [4.69, 9.17) is 11.6 Å². The summed E-state index contributed by atoms with van der Waals surface area (Å²) in [6.45, 7) is 2.27. The maximum absolute atomic E-state index is 12.6. The number of halogens is 1. The molecule has 0 bridgehead atoms. The molecule has 3 rings (SSSR count). The molecule has 5 nitrogen and oxygen atoms in total. The van der Waals surface area contributed by atoms with E-state index in [1.165, 1.54) is 0 Å². The topological polar surface area (TPSA) is 52.7 Å². The number of hydrogen-bond acceptors (Lipinski definition) is 3. The Balaban J connectivity index is 1.67. The molecule has 2 aromatic carbocycles. The molecule has 0 unspecified atom stereocenters. The molecule has 26 heavy (non-hydrogen) atoms. The minimum Gasteiger partial charge on any atom is -0.378 e. The van der Waals surface area contributed by atoms with E-state index in [1.54, 1.807) is 11.0 Å². The van der Waals surface area contributed by atoms with E-state index >= 15 is 0 Å². The molecule has 1 fully saturated rings. The molecule has 1 aliphatic heterocycles. The Bertz CT molecular complexity index is 833. The zero-order valence-corrected chi connectivity index (χ0v) is 15.9. The van der Waals surface area contributed by atoms with Crippen LogP contribution in [0.15, 0.2) is 42.5 Å². The van der Waals surface area contributed by atoms with Crippen LogP contribution >= 0.6 is 11.6 Å². The van der Waals surface area contributed by atoms with Crippen LogP contribution < -0.4 is 15.1 Å². The van der Waals surface area contributed by atoms with E-state index in [1.807, 2.05) is 62.3 Å². The number of amides is 2. The Morgan fingerprint density at radius 1 is 1.19 bits per heavy atom. The Kier molecular flexibility index (Phi) is 5.18. The van der Waals surface area contributed by atoms with Crippen LogP contribution in [-0.2, 0) is 9.59 Å². The summed E-state index contributed by atoms with van der Waals surface area (Å²) in [7, 11) is 3.92. The Labute approximate surface area is 158 Å². The number of anilines is 3. The molecule has 1 saturated heterocycles. The first kappa shape index (κ1) is 18.3. The second kappa shape index (κ2) is 7.38. The fourth-order valence-corrected chi connectivity index (χ4v) is 3.14. The van der Waals surface area contributed by atoms with Crippen LogP contribution in [0.3, 0.4) is 0 Å². The zero-order valence-electron chi connectivity index (χ0n) is 15.1. The molecular weight excluding hydrogens is 350 g/mol. The molecule has 1 N–H and O–H groups in total. The van der Waals surface area contributed by atoms with Crippen LogP contribution in [0.1, 0.15) is 12.0 Å². The van der Waals surface area contributed by atoms with Gasteiger partial charge in [0.1, 0.15) is 0 Å². The Hall–Kier alpha value is -2.53. The average molecular weight is 372 g/mol. The molecule has 0 spiro atoms. The maximum Gasteiger partial charge on any atom is 0.229 e. The molecule has 0 aliphatic carbocycles. The van der Waals surface area contributed by atoms with Gasteiger partial charge in [0.15, 0.2) is 0 Å². The van der Waals surface area contributed by atoms with Gasteiger partial charge in [-0.05, 0) is 48.9 Å². The lowest BCUT2D eigenvalue weighted by Gasteiger charge is -2.18. The van der Waals surface area contributed by atoms with Crippen molar-refractivity contribution in [3.05, 3.63) is 53.1 Å². The number of aryl methyl sites for hydroxylation is 1. The van der Waals surface area contributed by atoms with Crippen LogP contribution in [-0.4, -0.2) is 32.5 Å². The molecule has 0 aromatic heterocycles. The molecule has 1 aliphatic rings. The van der Waals surface area contributed by atoms with Crippen LogP contribution in [0.25, 0.3) is 0 Å². The quantitative estimate of drug-likeness (QED) is 0.891. The van der Waals surface area contributed by atoms with Crippen molar-refractivity contribution in [3.8, 4) is 0 Å². The van der Waals surface area contributed by atoms with Gasteiger partial charge >= 0.3 is 0 Å². The van der Waals surface area contributed by atoms with E-state index in [9.17, 15) is 9.59 Å². The lowest BCUT2D eigenvalue weighted by molar-refractivity contribution is -0.122. The summed E-state index contributed by atoms with van der Waals surface area (Å²) in [6, 6.07) is 13.1. The van der Waals surface area contributed by atoms with E-state index < -0.39 is 0 Å². The molecule has 2 aromatic rings. The SMILES string of the molecule is Cc1ccc(N2C[C@H](C(=O)Nc3ccc(N(C)C)cc3)CC2=O)cc1Cl. The third kappa shape index (κ3) is 3.83. The van der Waals surface area contributed by atoms with Crippen molar-refractivity contribution in [1.82, 2.24) is 0 Å².